The zero-order valence-electron chi connectivity index (χ0n) is 14.4. The quantitative estimate of drug-likeness (QED) is 0.726. The van der Waals surface area contributed by atoms with Gasteiger partial charge in [0, 0.05) is 22.3 Å². The molecule has 1 unspecified atom stereocenters. The molecule has 0 radical (unpaired) electrons. The van der Waals surface area contributed by atoms with Gasteiger partial charge >= 0.3 is 0 Å². The topological polar surface area (TPSA) is 68.5 Å². The fourth-order valence-electron chi connectivity index (χ4n) is 3.14. The Kier molecular flexibility index (Phi) is 4.82. The minimum absolute atomic E-state index is 0.0520. The van der Waals surface area contributed by atoms with E-state index in [-0.39, 0.29) is 11.6 Å². The van der Waals surface area contributed by atoms with Crippen molar-refractivity contribution in [2.45, 2.75) is 38.6 Å². The zero-order valence-corrected chi connectivity index (χ0v) is 15.9. The second kappa shape index (κ2) is 7.25. The maximum atomic E-state index is 12.3. The van der Waals surface area contributed by atoms with Crippen molar-refractivity contribution in [2.75, 3.05) is 11.9 Å². The maximum Gasteiger partial charge on any atom is 0.275 e. The lowest BCUT2D eigenvalue weighted by Gasteiger charge is -2.17. The molecule has 0 saturated heterocycles. The van der Waals surface area contributed by atoms with Crippen molar-refractivity contribution < 1.29 is 4.74 Å². The van der Waals surface area contributed by atoms with Gasteiger partial charge < -0.3 is 10.1 Å². The number of nitrogens with zero attached hydrogens (tertiary/aromatic N) is 3. The van der Waals surface area contributed by atoms with Crippen LogP contribution in [0.1, 0.15) is 43.5 Å². The van der Waals surface area contributed by atoms with Gasteiger partial charge in [-0.2, -0.15) is 4.52 Å². The van der Waals surface area contributed by atoms with E-state index in [9.17, 15) is 4.79 Å². The number of hydrogen-bond donors (Lipinski definition) is 1. The number of rotatable bonds is 4. The first-order valence-corrected chi connectivity index (χ1v) is 9.92. The van der Waals surface area contributed by atoms with E-state index in [1.54, 1.807) is 6.07 Å². The molecule has 0 aliphatic carbocycles. The molecule has 3 heterocycles. The molecule has 1 aliphatic heterocycles. The van der Waals surface area contributed by atoms with Crippen LogP contribution in [0.3, 0.4) is 0 Å². The first-order valence-electron chi connectivity index (χ1n) is 8.72. The van der Waals surface area contributed by atoms with Crippen molar-refractivity contribution in [3.8, 4) is 5.75 Å². The molecule has 6 nitrogen and oxygen atoms in total. The number of fused-ring (bicyclic) bond motifs is 2. The number of benzene rings is 1. The molecule has 1 N–H and O–H groups in total. The monoisotopic (exact) mass is 390 g/mol. The van der Waals surface area contributed by atoms with Crippen LogP contribution >= 0.6 is 22.9 Å². The summed E-state index contributed by atoms with van der Waals surface area (Å²) in [6, 6.07) is 7.31. The van der Waals surface area contributed by atoms with Gasteiger partial charge in [-0.3, -0.25) is 4.79 Å². The lowest BCUT2D eigenvalue weighted by Crippen LogP contribution is -2.16. The van der Waals surface area contributed by atoms with E-state index in [0.717, 1.165) is 42.7 Å². The van der Waals surface area contributed by atoms with Gasteiger partial charge in [0.1, 0.15) is 5.75 Å². The van der Waals surface area contributed by atoms with Crippen LogP contribution in [0.25, 0.3) is 4.96 Å². The Balaban J connectivity index is 1.67. The summed E-state index contributed by atoms with van der Waals surface area (Å²) in [4.78, 5) is 17.4. The molecule has 0 fully saturated rings. The Morgan fingerprint density at radius 1 is 1.42 bits per heavy atom. The van der Waals surface area contributed by atoms with E-state index in [1.807, 2.05) is 18.2 Å². The summed E-state index contributed by atoms with van der Waals surface area (Å²) in [6.07, 6.45) is 3.58. The molecule has 1 aromatic carbocycles. The Hall–Kier alpha value is -2.12. The van der Waals surface area contributed by atoms with E-state index in [0.29, 0.717) is 21.7 Å². The number of aromatic nitrogens is 3. The second-order valence-electron chi connectivity index (χ2n) is 6.31. The fraction of sp³-hybridized carbons (Fsp3) is 0.389. The normalized spacial score (nSPS) is 16.8. The first-order chi connectivity index (χ1) is 12.6. The third-order valence-electron chi connectivity index (χ3n) is 4.35. The van der Waals surface area contributed by atoms with Crippen molar-refractivity contribution >= 4 is 33.0 Å². The Morgan fingerprint density at radius 2 is 2.31 bits per heavy atom. The van der Waals surface area contributed by atoms with Crippen molar-refractivity contribution in [2.24, 2.45) is 0 Å². The minimum Gasteiger partial charge on any atom is -0.493 e. The Morgan fingerprint density at radius 3 is 3.15 bits per heavy atom. The van der Waals surface area contributed by atoms with Crippen molar-refractivity contribution in [3.05, 3.63) is 50.9 Å². The van der Waals surface area contributed by atoms with Gasteiger partial charge in [-0.1, -0.05) is 42.3 Å². The van der Waals surface area contributed by atoms with Gasteiger partial charge in [0.2, 0.25) is 10.1 Å². The van der Waals surface area contributed by atoms with Crippen molar-refractivity contribution in [1.29, 1.82) is 0 Å². The van der Waals surface area contributed by atoms with Crippen LogP contribution in [0.15, 0.2) is 29.1 Å². The first kappa shape index (κ1) is 17.3. The van der Waals surface area contributed by atoms with Gasteiger partial charge in [-0.15, -0.1) is 5.10 Å². The van der Waals surface area contributed by atoms with E-state index >= 15 is 0 Å². The average Bonchev–Trinajstić information content (AvgIpc) is 2.91. The zero-order chi connectivity index (χ0) is 18.1. The van der Waals surface area contributed by atoms with Crippen LogP contribution in [-0.2, 0) is 6.42 Å². The summed E-state index contributed by atoms with van der Waals surface area (Å²) in [5.74, 6) is 0.800. The molecule has 0 saturated carbocycles. The molecular weight excluding hydrogens is 372 g/mol. The lowest BCUT2D eigenvalue weighted by molar-refractivity contribution is 0.316. The molecule has 3 aromatic rings. The summed E-state index contributed by atoms with van der Waals surface area (Å²) in [5.41, 5.74) is 1.73. The number of aryl methyl sites for hydroxylation is 1. The molecule has 0 amide bonds. The molecular formula is C18H19ClN4O2S. The number of anilines is 1. The Labute approximate surface area is 159 Å². The fourth-order valence-corrected chi connectivity index (χ4v) is 4.18. The van der Waals surface area contributed by atoms with Gasteiger partial charge in [0.15, 0.2) is 0 Å². The molecule has 0 bridgehead atoms. The Bertz CT molecular complexity index is 1000. The third kappa shape index (κ3) is 3.41. The second-order valence-corrected chi connectivity index (χ2v) is 7.70. The van der Waals surface area contributed by atoms with Gasteiger partial charge in [0.25, 0.3) is 5.56 Å². The highest BCUT2D eigenvalue weighted by Gasteiger charge is 2.21. The van der Waals surface area contributed by atoms with Gasteiger partial charge in [-0.05, 0) is 31.4 Å². The molecule has 1 atom stereocenters. The highest BCUT2D eigenvalue weighted by atomic mass is 35.5. The number of nitrogens with one attached hydrogen (secondary N) is 1. The predicted molar refractivity (Wildman–Crippen MR) is 104 cm³/mol. The standard InChI is InChI=1S/C18H19ClN4O2S/c1-2-4-12-10-16(24)23-18(20-12)26-17(22-23)21-14-5-3-8-25-15-9-11(19)6-7-13(14)15/h6-7,9-10,14H,2-5,8H2,1H3,(H,21,22). The van der Waals surface area contributed by atoms with Crippen LogP contribution in [0, 0.1) is 0 Å². The number of hydrogen-bond acceptors (Lipinski definition) is 6. The highest BCUT2D eigenvalue weighted by molar-refractivity contribution is 7.20. The predicted octanol–water partition coefficient (Wildman–Crippen LogP) is 4.08. The smallest absolute Gasteiger partial charge is 0.275 e. The van der Waals surface area contributed by atoms with Crippen LogP contribution in [0.4, 0.5) is 5.13 Å². The molecule has 4 rings (SSSR count). The summed E-state index contributed by atoms with van der Waals surface area (Å²) < 4.78 is 7.17. The van der Waals surface area contributed by atoms with Gasteiger partial charge in [0.05, 0.1) is 12.6 Å². The molecule has 0 spiro atoms. The summed E-state index contributed by atoms with van der Waals surface area (Å²) >= 11 is 7.48. The number of halogens is 1. The summed E-state index contributed by atoms with van der Waals surface area (Å²) in [6.45, 7) is 2.73. The largest absolute Gasteiger partial charge is 0.493 e. The SMILES string of the molecule is CCCc1cc(=O)n2nc(NC3CCCOc4cc(Cl)ccc43)sc2n1. The van der Waals surface area contributed by atoms with Crippen LogP contribution in [0.5, 0.6) is 5.75 Å². The molecule has 136 valence electrons. The van der Waals surface area contributed by atoms with Crippen LogP contribution < -0.4 is 15.6 Å². The maximum absolute atomic E-state index is 12.3. The van der Waals surface area contributed by atoms with E-state index in [4.69, 9.17) is 16.3 Å². The van der Waals surface area contributed by atoms with Crippen molar-refractivity contribution in [1.82, 2.24) is 14.6 Å². The van der Waals surface area contributed by atoms with Gasteiger partial charge in [-0.25, -0.2) is 4.98 Å². The third-order valence-corrected chi connectivity index (χ3v) is 5.42. The summed E-state index contributed by atoms with van der Waals surface area (Å²) in [7, 11) is 0. The van der Waals surface area contributed by atoms with Crippen LogP contribution in [0.2, 0.25) is 5.02 Å². The van der Waals surface area contributed by atoms with E-state index in [1.165, 1.54) is 15.9 Å². The minimum atomic E-state index is -0.140. The highest BCUT2D eigenvalue weighted by Crippen LogP contribution is 2.36. The van der Waals surface area contributed by atoms with E-state index in [2.05, 4.69) is 22.3 Å². The van der Waals surface area contributed by atoms with Crippen LogP contribution in [-0.4, -0.2) is 21.2 Å². The molecule has 8 heteroatoms. The average molecular weight is 391 g/mol. The molecule has 1 aliphatic rings. The lowest BCUT2D eigenvalue weighted by atomic mass is 10.0. The number of ether oxygens (including phenoxy) is 1. The van der Waals surface area contributed by atoms with Crippen molar-refractivity contribution in [3.63, 3.8) is 0 Å². The molecule has 2 aromatic heterocycles. The molecule has 26 heavy (non-hydrogen) atoms. The summed E-state index contributed by atoms with van der Waals surface area (Å²) in [5, 5.41) is 9.19. The van der Waals surface area contributed by atoms with E-state index < -0.39 is 0 Å².